The number of nitrogens with one attached hydrogen (secondary N) is 1. The van der Waals surface area contributed by atoms with Crippen molar-refractivity contribution < 1.29 is 5.11 Å². The Hall–Kier alpha value is -0.340. The topological polar surface area (TPSA) is 32.3 Å². The molecule has 0 bridgehead atoms. The van der Waals surface area contributed by atoms with Gasteiger partial charge < -0.3 is 10.4 Å². The lowest BCUT2D eigenvalue weighted by molar-refractivity contribution is -0.0241. The molecule has 0 heterocycles. The van der Waals surface area contributed by atoms with Crippen molar-refractivity contribution in [3.05, 3.63) is 12.7 Å². The molecule has 94 valence electrons. The molecule has 16 heavy (non-hydrogen) atoms. The van der Waals surface area contributed by atoms with Crippen molar-refractivity contribution in [3.63, 3.8) is 0 Å². The Morgan fingerprint density at radius 2 is 1.88 bits per heavy atom. The lowest BCUT2D eigenvalue weighted by atomic mass is 9.71. The molecule has 0 spiro atoms. The molecule has 0 amide bonds. The van der Waals surface area contributed by atoms with Crippen LogP contribution in [0, 0.1) is 5.41 Å². The zero-order chi connectivity index (χ0) is 12.1. The number of aliphatic hydroxyl groups is 1. The van der Waals surface area contributed by atoms with E-state index in [4.69, 9.17) is 0 Å². The van der Waals surface area contributed by atoms with Crippen molar-refractivity contribution in [1.29, 1.82) is 0 Å². The summed E-state index contributed by atoms with van der Waals surface area (Å²) in [4.78, 5) is 0. The van der Waals surface area contributed by atoms with Crippen molar-refractivity contribution in [3.8, 4) is 0 Å². The molecule has 0 unspecified atom stereocenters. The van der Waals surface area contributed by atoms with Crippen LogP contribution in [0.25, 0.3) is 0 Å². The van der Waals surface area contributed by atoms with Gasteiger partial charge in [0.05, 0.1) is 5.60 Å². The summed E-state index contributed by atoms with van der Waals surface area (Å²) in [7, 11) is 0. The van der Waals surface area contributed by atoms with E-state index in [9.17, 15) is 5.11 Å². The van der Waals surface area contributed by atoms with Gasteiger partial charge in [-0.05, 0) is 50.5 Å². The largest absolute Gasteiger partial charge is 0.389 e. The molecule has 2 nitrogen and oxygen atoms in total. The number of hydrogen-bond donors (Lipinski definition) is 2. The maximum atomic E-state index is 10.4. The lowest BCUT2D eigenvalue weighted by Gasteiger charge is -2.40. The van der Waals surface area contributed by atoms with Crippen LogP contribution in [0.3, 0.4) is 0 Å². The third-order valence-electron chi connectivity index (χ3n) is 3.75. The normalized spacial score (nSPS) is 22.9. The zero-order valence-corrected chi connectivity index (χ0v) is 10.9. The standard InChI is InChI=1S/C14H27NO/c1-4-5-6-11-15-12-14(16)9-7-13(2,3)8-10-14/h4,15-16H,1,5-12H2,2-3H3. The smallest absolute Gasteiger partial charge is 0.0772 e. The van der Waals surface area contributed by atoms with E-state index < -0.39 is 5.60 Å². The first-order valence-corrected chi connectivity index (χ1v) is 6.51. The number of unbranched alkanes of at least 4 members (excludes halogenated alkanes) is 1. The van der Waals surface area contributed by atoms with Crippen LogP contribution in [0.15, 0.2) is 12.7 Å². The van der Waals surface area contributed by atoms with Crippen LogP contribution in [0.1, 0.15) is 52.4 Å². The Kier molecular flexibility index (Phi) is 5.00. The van der Waals surface area contributed by atoms with Crippen LogP contribution >= 0.6 is 0 Å². The van der Waals surface area contributed by atoms with Gasteiger partial charge in [-0.3, -0.25) is 0 Å². The first-order chi connectivity index (χ1) is 7.47. The zero-order valence-electron chi connectivity index (χ0n) is 10.9. The van der Waals surface area contributed by atoms with Crippen molar-refractivity contribution in [1.82, 2.24) is 5.32 Å². The van der Waals surface area contributed by atoms with Gasteiger partial charge in [0.2, 0.25) is 0 Å². The van der Waals surface area contributed by atoms with Crippen molar-refractivity contribution in [2.45, 2.75) is 58.0 Å². The van der Waals surface area contributed by atoms with E-state index in [2.05, 4.69) is 25.7 Å². The van der Waals surface area contributed by atoms with Crippen molar-refractivity contribution in [2.24, 2.45) is 5.41 Å². The Bertz CT molecular complexity index is 213. The Morgan fingerprint density at radius 3 is 2.44 bits per heavy atom. The minimum absolute atomic E-state index is 0.426. The van der Waals surface area contributed by atoms with E-state index in [1.807, 2.05) is 6.08 Å². The number of rotatable bonds is 6. The summed E-state index contributed by atoms with van der Waals surface area (Å²) in [6, 6.07) is 0. The Balaban J connectivity index is 2.18. The van der Waals surface area contributed by atoms with Gasteiger partial charge in [0.15, 0.2) is 0 Å². The fraction of sp³-hybridized carbons (Fsp3) is 0.857. The highest BCUT2D eigenvalue weighted by Crippen LogP contribution is 2.39. The molecule has 1 rings (SSSR count). The number of hydrogen-bond acceptors (Lipinski definition) is 2. The van der Waals surface area contributed by atoms with Gasteiger partial charge in [0.25, 0.3) is 0 Å². The summed E-state index contributed by atoms with van der Waals surface area (Å²) in [6.45, 7) is 10.0. The van der Waals surface area contributed by atoms with E-state index in [-0.39, 0.29) is 0 Å². The molecule has 0 aromatic carbocycles. The average Bonchev–Trinajstić information content (AvgIpc) is 2.23. The van der Waals surface area contributed by atoms with E-state index >= 15 is 0 Å². The third-order valence-corrected chi connectivity index (χ3v) is 3.75. The van der Waals surface area contributed by atoms with E-state index in [0.717, 1.165) is 51.6 Å². The summed E-state index contributed by atoms with van der Waals surface area (Å²) >= 11 is 0. The van der Waals surface area contributed by atoms with Crippen molar-refractivity contribution in [2.75, 3.05) is 13.1 Å². The Morgan fingerprint density at radius 1 is 1.25 bits per heavy atom. The SMILES string of the molecule is C=CCCCNCC1(O)CCC(C)(C)CC1. The predicted octanol–water partition coefficient (Wildman–Crippen LogP) is 2.87. The molecule has 0 aromatic rings. The fourth-order valence-corrected chi connectivity index (χ4v) is 2.26. The molecule has 0 aromatic heterocycles. The molecular formula is C14H27NO. The molecule has 1 aliphatic carbocycles. The Labute approximate surface area is 100 Å². The second kappa shape index (κ2) is 5.83. The van der Waals surface area contributed by atoms with Gasteiger partial charge in [0, 0.05) is 6.54 Å². The first-order valence-electron chi connectivity index (χ1n) is 6.51. The highest BCUT2D eigenvalue weighted by molar-refractivity contribution is 4.90. The molecule has 1 aliphatic rings. The van der Waals surface area contributed by atoms with Crippen LogP contribution in [0.5, 0.6) is 0 Å². The lowest BCUT2D eigenvalue weighted by Crippen LogP contribution is -2.45. The third kappa shape index (κ3) is 4.67. The second-order valence-electron chi connectivity index (χ2n) is 6.00. The van der Waals surface area contributed by atoms with E-state index in [0.29, 0.717) is 5.41 Å². The van der Waals surface area contributed by atoms with Gasteiger partial charge in [-0.15, -0.1) is 6.58 Å². The second-order valence-corrected chi connectivity index (χ2v) is 6.00. The monoisotopic (exact) mass is 225 g/mol. The van der Waals surface area contributed by atoms with E-state index in [1.165, 1.54) is 0 Å². The van der Waals surface area contributed by atoms with Gasteiger partial charge in [0.1, 0.15) is 0 Å². The fourth-order valence-electron chi connectivity index (χ4n) is 2.26. The minimum Gasteiger partial charge on any atom is -0.389 e. The van der Waals surface area contributed by atoms with Crippen LogP contribution in [0.2, 0.25) is 0 Å². The van der Waals surface area contributed by atoms with Crippen LogP contribution in [-0.4, -0.2) is 23.8 Å². The first kappa shape index (κ1) is 13.7. The molecular weight excluding hydrogens is 198 g/mol. The maximum absolute atomic E-state index is 10.4. The molecule has 0 radical (unpaired) electrons. The van der Waals surface area contributed by atoms with Gasteiger partial charge in [-0.1, -0.05) is 19.9 Å². The van der Waals surface area contributed by atoms with Gasteiger partial charge in [-0.2, -0.15) is 0 Å². The molecule has 0 saturated heterocycles. The number of allylic oxidation sites excluding steroid dienone is 1. The molecule has 0 aliphatic heterocycles. The average molecular weight is 225 g/mol. The summed E-state index contributed by atoms with van der Waals surface area (Å²) in [5, 5.41) is 13.7. The summed E-state index contributed by atoms with van der Waals surface area (Å²) in [5.74, 6) is 0. The quantitative estimate of drug-likeness (QED) is 0.538. The van der Waals surface area contributed by atoms with Crippen molar-refractivity contribution >= 4 is 0 Å². The summed E-state index contributed by atoms with van der Waals surface area (Å²) in [6.07, 6.45) is 8.27. The molecule has 1 fully saturated rings. The molecule has 1 saturated carbocycles. The van der Waals surface area contributed by atoms with Gasteiger partial charge in [-0.25, -0.2) is 0 Å². The van der Waals surface area contributed by atoms with Crippen LogP contribution < -0.4 is 5.32 Å². The molecule has 2 N–H and O–H groups in total. The van der Waals surface area contributed by atoms with Crippen LogP contribution in [-0.2, 0) is 0 Å². The molecule has 0 atom stereocenters. The summed E-state index contributed by atoms with van der Waals surface area (Å²) < 4.78 is 0. The van der Waals surface area contributed by atoms with Crippen LogP contribution in [0.4, 0.5) is 0 Å². The highest BCUT2D eigenvalue weighted by atomic mass is 16.3. The molecule has 2 heteroatoms. The highest BCUT2D eigenvalue weighted by Gasteiger charge is 2.36. The minimum atomic E-state index is -0.455. The predicted molar refractivity (Wildman–Crippen MR) is 69.5 cm³/mol. The summed E-state index contributed by atoms with van der Waals surface area (Å²) in [5.41, 5.74) is -0.0290. The van der Waals surface area contributed by atoms with Gasteiger partial charge >= 0.3 is 0 Å². The van der Waals surface area contributed by atoms with E-state index in [1.54, 1.807) is 0 Å². The maximum Gasteiger partial charge on any atom is 0.0772 e.